The Morgan fingerprint density at radius 1 is 0.903 bits per heavy atom. The molecule has 158 valence electrons. The monoisotopic (exact) mass is 418 g/mol. The van der Waals surface area contributed by atoms with Crippen LogP contribution in [-0.2, 0) is 20.7 Å². The van der Waals surface area contributed by atoms with Crippen molar-refractivity contribution in [3.05, 3.63) is 112 Å². The first-order valence-corrected chi connectivity index (χ1v) is 9.71. The summed E-state index contributed by atoms with van der Waals surface area (Å²) >= 11 is 0. The molecule has 0 bridgehead atoms. The molecule has 0 spiro atoms. The highest BCUT2D eigenvalue weighted by Crippen LogP contribution is 2.25. The third kappa shape index (κ3) is 5.54. The summed E-state index contributed by atoms with van der Waals surface area (Å²) in [6, 6.07) is 23.5. The van der Waals surface area contributed by atoms with Gasteiger partial charge in [0.25, 0.3) is 5.69 Å². The number of non-ortho nitro benzene ring substituents is 1. The number of amides is 1. The Balaban J connectivity index is 1.85. The first-order valence-electron chi connectivity index (χ1n) is 9.71. The van der Waals surface area contributed by atoms with Crippen LogP contribution in [0.3, 0.4) is 0 Å². The van der Waals surface area contributed by atoms with Crippen molar-refractivity contribution in [1.82, 2.24) is 5.32 Å². The maximum Gasteiger partial charge on any atom is 0.328 e. The van der Waals surface area contributed by atoms with Crippen LogP contribution in [0, 0.1) is 10.1 Å². The molecule has 0 saturated carbocycles. The third-order valence-electron chi connectivity index (χ3n) is 4.92. The van der Waals surface area contributed by atoms with Gasteiger partial charge in [-0.3, -0.25) is 14.9 Å². The zero-order valence-corrected chi connectivity index (χ0v) is 16.9. The fourth-order valence-corrected chi connectivity index (χ4v) is 3.37. The first kappa shape index (κ1) is 21.7. The fraction of sp³-hybridized carbons (Fsp3) is 0.167. The molecule has 1 N–H and O–H groups in total. The number of nitro groups is 1. The van der Waals surface area contributed by atoms with Gasteiger partial charge in [-0.05, 0) is 16.7 Å². The summed E-state index contributed by atoms with van der Waals surface area (Å²) in [6.45, 7) is 0. The minimum Gasteiger partial charge on any atom is -0.467 e. The van der Waals surface area contributed by atoms with E-state index in [0.717, 1.165) is 11.1 Å². The first-order chi connectivity index (χ1) is 15.0. The Morgan fingerprint density at radius 2 is 1.42 bits per heavy atom. The number of esters is 1. The predicted molar refractivity (Wildman–Crippen MR) is 115 cm³/mol. The molecular formula is C24H22N2O5. The number of benzene rings is 3. The number of nitro benzene ring substituents is 1. The molecule has 0 aliphatic heterocycles. The van der Waals surface area contributed by atoms with Gasteiger partial charge < -0.3 is 10.1 Å². The van der Waals surface area contributed by atoms with Crippen LogP contribution in [0.4, 0.5) is 5.69 Å². The molecule has 7 nitrogen and oxygen atoms in total. The summed E-state index contributed by atoms with van der Waals surface area (Å²) in [5, 5.41) is 13.7. The number of carbonyl (C=O) groups is 2. The van der Waals surface area contributed by atoms with Gasteiger partial charge >= 0.3 is 5.97 Å². The number of nitrogens with zero attached hydrogens (tertiary/aromatic N) is 1. The van der Waals surface area contributed by atoms with Gasteiger partial charge in [0.2, 0.25) is 5.91 Å². The molecule has 0 aromatic heterocycles. The van der Waals surface area contributed by atoms with Gasteiger partial charge in [-0.15, -0.1) is 0 Å². The van der Waals surface area contributed by atoms with E-state index in [-0.39, 0.29) is 18.0 Å². The van der Waals surface area contributed by atoms with Crippen LogP contribution in [0.5, 0.6) is 0 Å². The normalized spacial score (nSPS) is 11.5. The van der Waals surface area contributed by atoms with Gasteiger partial charge in [-0.1, -0.05) is 72.8 Å². The summed E-state index contributed by atoms with van der Waals surface area (Å²) in [6.07, 6.45) is 0.146. The Labute approximate surface area is 179 Å². The molecule has 3 rings (SSSR count). The minimum atomic E-state index is -0.936. The summed E-state index contributed by atoms with van der Waals surface area (Å²) in [5.74, 6) is -1.53. The van der Waals surface area contributed by atoms with Gasteiger partial charge in [0.1, 0.15) is 6.04 Å². The Kier molecular flexibility index (Phi) is 7.11. The van der Waals surface area contributed by atoms with Crippen molar-refractivity contribution in [3.63, 3.8) is 0 Å². The van der Waals surface area contributed by atoms with E-state index >= 15 is 0 Å². The number of methoxy groups -OCH3 is 1. The van der Waals surface area contributed by atoms with E-state index in [2.05, 4.69) is 5.32 Å². The van der Waals surface area contributed by atoms with Crippen LogP contribution >= 0.6 is 0 Å². The van der Waals surface area contributed by atoms with Crippen molar-refractivity contribution in [2.75, 3.05) is 7.11 Å². The van der Waals surface area contributed by atoms with E-state index in [1.54, 1.807) is 12.1 Å². The second-order valence-electron chi connectivity index (χ2n) is 6.97. The molecule has 0 aliphatic rings. The highest BCUT2D eigenvalue weighted by molar-refractivity contribution is 5.91. The van der Waals surface area contributed by atoms with Gasteiger partial charge in [-0.25, -0.2) is 4.79 Å². The maximum absolute atomic E-state index is 13.3. The Bertz CT molecular complexity index is 997. The Morgan fingerprint density at radius 3 is 1.87 bits per heavy atom. The summed E-state index contributed by atoms with van der Waals surface area (Å²) < 4.78 is 4.88. The van der Waals surface area contributed by atoms with E-state index in [4.69, 9.17) is 4.74 Å². The SMILES string of the molecule is COC(=O)[C@H](Cc1ccc([N+](=O)[O-])cc1)NC(=O)C(c1ccccc1)c1ccccc1. The number of nitrogens with one attached hydrogen (secondary N) is 1. The average molecular weight is 418 g/mol. The lowest BCUT2D eigenvalue weighted by Gasteiger charge is -2.22. The maximum atomic E-state index is 13.3. The molecule has 0 aliphatic carbocycles. The predicted octanol–water partition coefficient (Wildman–Crippen LogP) is 3.63. The number of hydrogen-bond donors (Lipinski definition) is 1. The van der Waals surface area contributed by atoms with Crippen LogP contribution in [0.2, 0.25) is 0 Å². The molecule has 0 radical (unpaired) electrons. The molecular weight excluding hydrogens is 396 g/mol. The van der Waals surface area contributed by atoms with Gasteiger partial charge in [0.05, 0.1) is 18.0 Å². The van der Waals surface area contributed by atoms with Crippen LogP contribution in [-0.4, -0.2) is 30.0 Å². The van der Waals surface area contributed by atoms with E-state index in [0.29, 0.717) is 5.56 Å². The lowest BCUT2D eigenvalue weighted by atomic mass is 9.90. The fourth-order valence-electron chi connectivity index (χ4n) is 3.37. The molecule has 1 atom stereocenters. The largest absolute Gasteiger partial charge is 0.467 e. The van der Waals surface area contributed by atoms with Crippen molar-refractivity contribution in [3.8, 4) is 0 Å². The number of carbonyl (C=O) groups excluding carboxylic acids is 2. The molecule has 3 aromatic rings. The average Bonchev–Trinajstić information content (AvgIpc) is 2.80. The second kappa shape index (κ2) is 10.2. The number of hydrogen-bond acceptors (Lipinski definition) is 5. The molecule has 31 heavy (non-hydrogen) atoms. The highest BCUT2D eigenvalue weighted by Gasteiger charge is 2.28. The molecule has 0 fully saturated rings. The van der Waals surface area contributed by atoms with Crippen LogP contribution in [0.1, 0.15) is 22.6 Å². The molecule has 7 heteroatoms. The Hall–Kier alpha value is -4.00. The van der Waals surface area contributed by atoms with Crippen molar-refractivity contribution in [2.24, 2.45) is 0 Å². The number of ether oxygens (including phenoxy) is 1. The zero-order chi connectivity index (χ0) is 22.2. The second-order valence-corrected chi connectivity index (χ2v) is 6.97. The molecule has 0 saturated heterocycles. The zero-order valence-electron chi connectivity index (χ0n) is 16.9. The van der Waals surface area contributed by atoms with Crippen molar-refractivity contribution >= 4 is 17.6 Å². The minimum absolute atomic E-state index is 0.0457. The van der Waals surface area contributed by atoms with Crippen LogP contribution in [0.15, 0.2) is 84.9 Å². The lowest BCUT2D eigenvalue weighted by Crippen LogP contribution is -2.45. The van der Waals surface area contributed by atoms with Crippen molar-refractivity contribution < 1.29 is 19.2 Å². The van der Waals surface area contributed by atoms with Crippen molar-refractivity contribution in [1.29, 1.82) is 0 Å². The van der Waals surface area contributed by atoms with Gasteiger partial charge in [0, 0.05) is 18.6 Å². The summed E-state index contributed by atoms with van der Waals surface area (Å²) in [5.41, 5.74) is 2.21. The van der Waals surface area contributed by atoms with Gasteiger partial charge in [-0.2, -0.15) is 0 Å². The third-order valence-corrected chi connectivity index (χ3v) is 4.92. The molecule has 1 amide bonds. The van der Waals surface area contributed by atoms with E-state index in [1.807, 2.05) is 60.7 Å². The number of rotatable bonds is 8. The van der Waals surface area contributed by atoms with Crippen LogP contribution < -0.4 is 5.32 Å². The smallest absolute Gasteiger partial charge is 0.328 e. The molecule has 0 unspecified atom stereocenters. The van der Waals surface area contributed by atoms with Gasteiger partial charge in [0.15, 0.2) is 0 Å². The molecule has 0 heterocycles. The standard InChI is InChI=1S/C24H22N2O5/c1-31-24(28)21(16-17-12-14-20(15-13-17)26(29)30)25-23(27)22(18-8-4-2-5-9-18)19-10-6-3-7-11-19/h2-15,21-22H,16H2,1H3,(H,25,27)/t21-/m0/s1. The lowest BCUT2D eigenvalue weighted by molar-refractivity contribution is -0.384. The van der Waals surface area contributed by atoms with E-state index in [1.165, 1.54) is 19.2 Å². The van der Waals surface area contributed by atoms with E-state index < -0.39 is 22.9 Å². The van der Waals surface area contributed by atoms with Crippen molar-refractivity contribution in [2.45, 2.75) is 18.4 Å². The summed E-state index contributed by atoms with van der Waals surface area (Å²) in [4.78, 5) is 36.0. The quantitative estimate of drug-likeness (QED) is 0.342. The summed E-state index contributed by atoms with van der Waals surface area (Å²) in [7, 11) is 1.25. The topological polar surface area (TPSA) is 98.5 Å². The van der Waals surface area contributed by atoms with Crippen LogP contribution in [0.25, 0.3) is 0 Å². The molecule has 3 aromatic carbocycles. The van der Waals surface area contributed by atoms with E-state index in [9.17, 15) is 19.7 Å². The highest BCUT2D eigenvalue weighted by atomic mass is 16.6.